The smallest absolute Gasteiger partial charge is 0.266 e. The molecule has 0 atom stereocenters. The van der Waals surface area contributed by atoms with Crippen molar-refractivity contribution in [3.63, 3.8) is 0 Å². The number of nitrogens with zero attached hydrogens (tertiary/aromatic N) is 1. The predicted octanol–water partition coefficient (Wildman–Crippen LogP) is 5.82. The van der Waals surface area contributed by atoms with Gasteiger partial charge in [0.1, 0.15) is 17.5 Å². The number of fused-ring (bicyclic) bond motifs is 1. The topological polar surface area (TPSA) is 51.1 Å². The van der Waals surface area contributed by atoms with Crippen molar-refractivity contribution in [3.05, 3.63) is 111 Å². The molecule has 174 valence electrons. The minimum Gasteiger partial charge on any atom is -0.348 e. The molecule has 1 saturated carbocycles. The number of pyridine rings is 1. The van der Waals surface area contributed by atoms with Gasteiger partial charge in [0.2, 0.25) is 0 Å². The van der Waals surface area contributed by atoms with Crippen LogP contribution >= 0.6 is 0 Å². The molecular formula is C27H23F3N2O2. The fourth-order valence-corrected chi connectivity index (χ4v) is 3.63. The van der Waals surface area contributed by atoms with E-state index in [1.165, 1.54) is 78.4 Å². The summed E-state index contributed by atoms with van der Waals surface area (Å²) in [4.78, 5) is 26.2. The molecule has 5 rings (SSSR count). The second-order valence-electron chi connectivity index (χ2n) is 8.11. The zero-order chi connectivity index (χ0) is 24.2. The Kier molecular flexibility index (Phi) is 6.82. The van der Waals surface area contributed by atoms with Gasteiger partial charge in [0.15, 0.2) is 0 Å². The lowest BCUT2D eigenvalue weighted by Crippen LogP contribution is -2.30. The lowest BCUT2D eigenvalue weighted by Gasteiger charge is -2.17. The molecule has 1 aliphatic carbocycles. The largest absolute Gasteiger partial charge is 0.348 e. The van der Waals surface area contributed by atoms with E-state index < -0.39 is 28.9 Å². The second-order valence-corrected chi connectivity index (χ2v) is 8.11. The molecule has 1 amide bonds. The van der Waals surface area contributed by atoms with Crippen molar-refractivity contribution in [1.29, 1.82) is 0 Å². The number of hydrogen-bond donors (Lipinski definition) is 1. The summed E-state index contributed by atoms with van der Waals surface area (Å²) >= 11 is 0. The highest BCUT2D eigenvalue weighted by Gasteiger charge is 2.22. The van der Waals surface area contributed by atoms with Gasteiger partial charge in [-0.1, -0.05) is 43.5 Å². The fraction of sp³-hybridized carbons (Fsp3) is 0.185. The first-order valence-electron chi connectivity index (χ1n) is 11.0. The Morgan fingerprint density at radius 1 is 0.912 bits per heavy atom. The van der Waals surface area contributed by atoms with Crippen molar-refractivity contribution < 1.29 is 18.0 Å². The number of rotatable bonds is 4. The van der Waals surface area contributed by atoms with E-state index in [0.29, 0.717) is 11.3 Å². The number of halogens is 3. The maximum absolute atomic E-state index is 14.6. The highest BCUT2D eigenvalue weighted by molar-refractivity contribution is 6.08. The Balaban J connectivity index is 0.000000846. The number of carbonyl (C=O) groups is 1. The molecule has 7 heteroatoms. The van der Waals surface area contributed by atoms with E-state index in [4.69, 9.17) is 0 Å². The highest BCUT2D eigenvalue weighted by Crippen LogP contribution is 2.24. The number of benzene rings is 3. The Hall–Kier alpha value is -3.87. The van der Waals surface area contributed by atoms with E-state index in [9.17, 15) is 22.8 Å². The van der Waals surface area contributed by atoms with Crippen molar-refractivity contribution in [2.75, 3.05) is 0 Å². The van der Waals surface area contributed by atoms with Gasteiger partial charge in [0, 0.05) is 23.3 Å². The average Bonchev–Trinajstić information content (AvgIpc) is 3.69. The van der Waals surface area contributed by atoms with Crippen LogP contribution in [0.4, 0.5) is 13.2 Å². The zero-order valence-corrected chi connectivity index (χ0v) is 18.6. The number of amides is 1. The first kappa shape index (κ1) is 23.3. The standard InChI is InChI=1S/C24H17F3N2O2.C3H6/c1-14-21(23(30)28-13-15-4-2-5-17(26)12-15)19-6-3-7-20(27)22(19)24(31)29(14)18-10-8-16(25)9-11-18;1-2-3-1/h2-12H,13H2,1H3,(H,28,30);1-3H2. The van der Waals surface area contributed by atoms with Gasteiger partial charge in [-0.05, 0) is 55.0 Å². The van der Waals surface area contributed by atoms with E-state index in [0.717, 1.165) is 6.07 Å². The van der Waals surface area contributed by atoms with Crippen molar-refractivity contribution in [2.45, 2.75) is 32.7 Å². The van der Waals surface area contributed by atoms with Crippen LogP contribution in [0.2, 0.25) is 0 Å². The number of hydrogen-bond acceptors (Lipinski definition) is 2. The Morgan fingerprint density at radius 2 is 1.59 bits per heavy atom. The number of nitrogens with one attached hydrogen (secondary N) is 1. The summed E-state index contributed by atoms with van der Waals surface area (Å²) in [5.41, 5.74) is 0.571. The van der Waals surface area contributed by atoms with Crippen molar-refractivity contribution in [2.24, 2.45) is 0 Å². The average molecular weight is 464 g/mol. The van der Waals surface area contributed by atoms with Gasteiger partial charge in [-0.3, -0.25) is 14.2 Å². The second kappa shape index (κ2) is 9.95. The van der Waals surface area contributed by atoms with Crippen LogP contribution in [-0.4, -0.2) is 10.5 Å². The highest BCUT2D eigenvalue weighted by atomic mass is 19.1. The third-order valence-corrected chi connectivity index (χ3v) is 5.40. The predicted molar refractivity (Wildman–Crippen MR) is 126 cm³/mol. The van der Waals surface area contributed by atoms with Crippen LogP contribution < -0.4 is 10.9 Å². The van der Waals surface area contributed by atoms with Crippen LogP contribution in [0, 0.1) is 24.4 Å². The molecule has 1 aromatic heterocycles. The number of carbonyl (C=O) groups excluding carboxylic acids is 1. The fourth-order valence-electron chi connectivity index (χ4n) is 3.63. The van der Waals surface area contributed by atoms with Crippen LogP contribution in [0.1, 0.15) is 40.9 Å². The summed E-state index contributed by atoms with van der Waals surface area (Å²) in [7, 11) is 0. The van der Waals surface area contributed by atoms with Gasteiger partial charge in [-0.2, -0.15) is 0 Å². The molecule has 4 nitrogen and oxygen atoms in total. The van der Waals surface area contributed by atoms with Gasteiger partial charge in [0.25, 0.3) is 11.5 Å². The van der Waals surface area contributed by atoms with Crippen LogP contribution in [0.15, 0.2) is 71.5 Å². The van der Waals surface area contributed by atoms with Gasteiger partial charge in [0.05, 0.1) is 10.9 Å². The summed E-state index contributed by atoms with van der Waals surface area (Å²) in [6, 6.07) is 15.0. The molecular weight excluding hydrogens is 441 g/mol. The molecule has 0 saturated heterocycles. The Bertz CT molecular complexity index is 1410. The van der Waals surface area contributed by atoms with E-state index in [1.807, 2.05) is 0 Å². The maximum Gasteiger partial charge on any atom is 0.266 e. The summed E-state index contributed by atoms with van der Waals surface area (Å²) in [6.07, 6.45) is 4.50. The maximum atomic E-state index is 14.6. The quantitative estimate of drug-likeness (QED) is 0.414. The molecule has 1 aliphatic rings. The van der Waals surface area contributed by atoms with Crippen LogP contribution in [0.3, 0.4) is 0 Å². The monoisotopic (exact) mass is 464 g/mol. The molecule has 1 fully saturated rings. The SMILES string of the molecule is C1CC1.Cc1c(C(=O)NCc2cccc(F)c2)c2cccc(F)c2c(=O)n1-c1ccc(F)cc1. The third-order valence-electron chi connectivity index (χ3n) is 5.40. The molecule has 4 aromatic rings. The van der Waals surface area contributed by atoms with Crippen LogP contribution in [0.5, 0.6) is 0 Å². The van der Waals surface area contributed by atoms with Crippen LogP contribution in [-0.2, 0) is 6.54 Å². The lowest BCUT2D eigenvalue weighted by atomic mass is 10.0. The lowest BCUT2D eigenvalue weighted by molar-refractivity contribution is 0.0951. The van der Waals surface area contributed by atoms with Gasteiger partial charge < -0.3 is 5.32 Å². The minimum atomic E-state index is -0.766. The summed E-state index contributed by atoms with van der Waals surface area (Å²) in [5, 5.41) is 2.62. The van der Waals surface area contributed by atoms with E-state index in [1.54, 1.807) is 13.0 Å². The Labute approximate surface area is 194 Å². The first-order valence-corrected chi connectivity index (χ1v) is 11.0. The molecule has 0 unspecified atom stereocenters. The zero-order valence-electron chi connectivity index (χ0n) is 18.6. The first-order chi connectivity index (χ1) is 16.4. The van der Waals surface area contributed by atoms with Gasteiger partial charge in [-0.15, -0.1) is 0 Å². The van der Waals surface area contributed by atoms with E-state index in [2.05, 4.69) is 5.32 Å². The Morgan fingerprint density at radius 3 is 2.24 bits per heavy atom. The molecule has 0 spiro atoms. The summed E-state index contributed by atoms with van der Waals surface area (Å²) < 4.78 is 42.6. The van der Waals surface area contributed by atoms with Crippen molar-refractivity contribution in [1.82, 2.24) is 9.88 Å². The van der Waals surface area contributed by atoms with E-state index in [-0.39, 0.29) is 28.6 Å². The minimum absolute atomic E-state index is 0.0442. The van der Waals surface area contributed by atoms with Gasteiger partial charge >= 0.3 is 0 Å². The molecule has 1 N–H and O–H groups in total. The number of aromatic nitrogens is 1. The molecule has 34 heavy (non-hydrogen) atoms. The van der Waals surface area contributed by atoms with Crippen LogP contribution in [0.25, 0.3) is 16.5 Å². The molecule has 0 bridgehead atoms. The molecule has 0 aliphatic heterocycles. The summed E-state index contributed by atoms with van der Waals surface area (Å²) in [6.45, 7) is 1.61. The molecule has 1 heterocycles. The van der Waals surface area contributed by atoms with Crippen molar-refractivity contribution >= 4 is 16.7 Å². The molecule has 0 radical (unpaired) electrons. The van der Waals surface area contributed by atoms with Gasteiger partial charge in [-0.25, -0.2) is 13.2 Å². The van der Waals surface area contributed by atoms with Crippen molar-refractivity contribution in [3.8, 4) is 5.69 Å². The molecule has 3 aromatic carbocycles. The third kappa shape index (κ3) is 5.03. The van der Waals surface area contributed by atoms with E-state index >= 15 is 0 Å². The summed E-state index contributed by atoms with van der Waals surface area (Å²) in [5.74, 6) is -2.24. The normalized spacial score (nSPS) is 12.1.